The third-order valence-electron chi connectivity index (χ3n) is 3.89. The summed E-state index contributed by atoms with van der Waals surface area (Å²) in [5.74, 6) is -0.419. The number of thioether (sulfide) groups is 1. The van der Waals surface area contributed by atoms with Crippen LogP contribution in [0.4, 0.5) is 10.1 Å². The molecule has 0 bridgehead atoms. The molecule has 0 saturated carbocycles. The van der Waals surface area contributed by atoms with Crippen molar-refractivity contribution in [2.24, 2.45) is 0 Å². The zero-order chi connectivity index (χ0) is 18.7. The molecule has 2 amide bonds. The van der Waals surface area contributed by atoms with Gasteiger partial charge >= 0.3 is 0 Å². The molecule has 0 aromatic heterocycles. The Morgan fingerprint density at radius 2 is 2.00 bits per heavy atom. The van der Waals surface area contributed by atoms with Crippen LogP contribution >= 0.6 is 27.7 Å². The summed E-state index contributed by atoms with van der Waals surface area (Å²) in [6.07, 6.45) is 0. The van der Waals surface area contributed by atoms with E-state index in [0.29, 0.717) is 27.4 Å². The normalized spacial score (nSPS) is 16.2. The van der Waals surface area contributed by atoms with Crippen LogP contribution in [0.2, 0.25) is 0 Å². The quantitative estimate of drug-likeness (QED) is 0.801. The number of hydrogen-bond donors (Lipinski definition) is 1. The fourth-order valence-electron chi connectivity index (χ4n) is 2.53. The minimum atomic E-state index is -0.654. The summed E-state index contributed by atoms with van der Waals surface area (Å²) in [7, 11) is 0. The molecule has 1 fully saturated rings. The molecule has 2 aromatic rings. The van der Waals surface area contributed by atoms with Gasteiger partial charge in [-0.05, 0) is 58.4 Å². The predicted octanol–water partition coefficient (Wildman–Crippen LogP) is 3.61. The summed E-state index contributed by atoms with van der Waals surface area (Å²) in [4.78, 5) is 26.8. The van der Waals surface area contributed by atoms with Crippen LogP contribution in [0, 0.1) is 17.1 Å². The maximum absolute atomic E-state index is 13.5. The van der Waals surface area contributed by atoms with Gasteiger partial charge in [0, 0.05) is 15.9 Å². The summed E-state index contributed by atoms with van der Waals surface area (Å²) < 4.78 is 14.0. The van der Waals surface area contributed by atoms with Crippen LogP contribution < -0.4 is 5.32 Å². The van der Waals surface area contributed by atoms with E-state index in [4.69, 9.17) is 5.26 Å². The standard InChI is InChI=1S/C18H13BrFN3O2S/c19-15-6-3-12(20)7-14(15)18(25)23-10-26-9-16(23)17(24)22-13-4-1-11(8-21)2-5-13/h1-7,16H,9-10H2,(H,22,24). The van der Waals surface area contributed by atoms with Crippen LogP contribution in [0.1, 0.15) is 15.9 Å². The minimum absolute atomic E-state index is 0.184. The highest BCUT2D eigenvalue weighted by Gasteiger charge is 2.35. The van der Waals surface area contributed by atoms with Crippen molar-refractivity contribution in [3.63, 3.8) is 0 Å². The Morgan fingerprint density at radius 1 is 1.27 bits per heavy atom. The molecule has 1 saturated heterocycles. The fraction of sp³-hybridized carbons (Fsp3) is 0.167. The van der Waals surface area contributed by atoms with Crippen LogP contribution in [-0.4, -0.2) is 34.4 Å². The average molecular weight is 434 g/mol. The summed E-state index contributed by atoms with van der Waals surface area (Å²) in [6.45, 7) is 0. The molecule has 2 aromatic carbocycles. The van der Waals surface area contributed by atoms with Gasteiger partial charge < -0.3 is 10.2 Å². The number of rotatable bonds is 3. The first-order chi connectivity index (χ1) is 12.5. The zero-order valence-electron chi connectivity index (χ0n) is 13.4. The number of nitrogens with zero attached hydrogens (tertiary/aromatic N) is 2. The molecule has 8 heteroatoms. The Hall–Kier alpha value is -2.37. The van der Waals surface area contributed by atoms with Gasteiger partial charge in [-0.15, -0.1) is 11.8 Å². The first-order valence-electron chi connectivity index (χ1n) is 7.64. The van der Waals surface area contributed by atoms with Crippen molar-refractivity contribution in [1.29, 1.82) is 5.26 Å². The second kappa shape index (κ2) is 7.89. The molecule has 1 N–H and O–H groups in total. The van der Waals surface area contributed by atoms with Crippen molar-refractivity contribution in [3.05, 3.63) is 63.9 Å². The van der Waals surface area contributed by atoms with Crippen LogP contribution in [0.25, 0.3) is 0 Å². The van der Waals surface area contributed by atoms with E-state index in [0.717, 1.165) is 6.07 Å². The average Bonchev–Trinajstić information content (AvgIpc) is 3.13. The second-order valence-electron chi connectivity index (χ2n) is 5.59. The van der Waals surface area contributed by atoms with Crippen molar-refractivity contribution in [1.82, 2.24) is 4.90 Å². The molecular formula is C18H13BrFN3O2S. The van der Waals surface area contributed by atoms with Gasteiger partial charge in [-0.3, -0.25) is 9.59 Å². The highest BCUT2D eigenvalue weighted by molar-refractivity contribution is 9.10. The maximum atomic E-state index is 13.5. The third kappa shape index (κ3) is 3.89. The van der Waals surface area contributed by atoms with Crippen molar-refractivity contribution < 1.29 is 14.0 Å². The molecule has 132 valence electrons. The Labute approximate surface area is 162 Å². The van der Waals surface area contributed by atoms with E-state index in [-0.39, 0.29) is 11.5 Å². The molecule has 1 unspecified atom stereocenters. The molecule has 0 aliphatic carbocycles. The smallest absolute Gasteiger partial charge is 0.256 e. The SMILES string of the molecule is N#Cc1ccc(NC(=O)C2CSCN2C(=O)c2cc(F)ccc2Br)cc1. The first kappa shape index (κ1) is 18.4. The van der Waals surface area contributed by atoms with Gasteiger partial charge in [0.25, 0.3) is 5.91 Å². The number of nitriles is 1. The predicted molar refractivity (Wildman–Crippen MR) is 101 cm³/mol. The van der Waals surface area contributed by atoms with E-state index in [1.165, 1.54) is 28.8 Å². The molecule has 1 aliphatic heterocycles. The van der Waals surface area contributed by atoms with Crippen molar-refractivity contribution in [3.8, 4) is 6.07 Å². The number of halogens is 2. The topological polar surface area (TPSA) is 73.2 Å². The first-order valence-corrected chi connectivity index (χ1v) is 9.59. The van der Waals surface area contributed by atoms with E-state index in [2.05, 4.69) is 21.2 Å². The Balaban J connectivity index is 1.76. The van der Waals surface area contributed by atoms with Gasteiger partial charge in [-0.2, -0.15) is 5.26 Å². The molecule has 3 rings (SSSR count). The molecule has 1 heterocycles. The molecule has 26 heavy (non-hydrogen) atoms. The van der Waals surface area contributed by atoms with E-state index < -0.39 is 17.8 Å². The molecule has 1 atom stereocenters. The monoisotopic (exact) mass is 433 g/mol. The highest BCUT2D eigenvalue weighted by atomic mass is 79.9. The van der Waals surface area contributed by atoms with Crippen LogP contribution in [0.5, 0.6) is 0 Å². The third-order valence-corrected chi connectivity index (χ3v) is 5.59. The van der Waals surface area contributed by atoms with Gasteiger partial charge in [0.05, 0.1) is 23.1 Å². The van der Waals surface area contributed by atoms with E-state index in [1.807, 2.05) is 6.07 Å². The van der Waals surface area contributed by atoms with Crippen molar-refractivity contribution in [2.75, 3.05) is 16.9 Å². The lowest BCUT2D eigenvalue weighted by Gasteiger charge is -2.23. The van der Waals surface area contributed by atoms with E-state index in [9.17, 15) is 14.0 Å². The summed E-state index contributed by atoms with van der Waals surface area (Å²) in [5, 5.41) is 11.6. The molecule has 0 radical (unpaired) electrons. The van der Waals surface area contributed by atoms with Gasteiger partial charge in [-0.1, -0.05) is 0 Å². The molecule has 5 nitrogen and oxygen atoms in total. The van der Waals surface area contributed by atoms with Crippen LogP contribution in [-0.2, 0) is 4.79 Å². The fourth-order valence-corrected chi connectivity index (χ4v) is 4.10. The van der Waals surface area contributed by atoms with Gasteiger partial charge in [0.2, 0.25) is 5.91 Å². The number of carbonyl (C=O) groups excluding carboxylic acids is 2. The van der Waals surface area contributed by atoms with Crippen molar-refractivity contribution >= 4 is 45.2 Å². The van der Waals surface area contributed by atoms with Gasteiger partial charge in [0.15, 0.2) is 0 Å². The van der Waals surface area contributed by atoms with E-state index in [1.54, 1.807) is 24.3 Å². The van der Waals surface area contributed by atoms with Gasteiger partial charge in [0.1, 0.15) is 11.9 Å². The summed E-state index contributed by atoms with van der Waals surface area (Å²) in [6, 6.07) is 11.7. The Morgan fingerprint density at radius 3 is 2.69 bits per heavy atom. The number of carbonyl (C=O) groups is 2. The Kier molecular flexibility index (Phi) is 5.59. The van der Waals surface area contributed by atoms with Crippen LogP contribution in [0.3, 0.4) is 0 Å². The Bertz CT molecular complexity index is 898. The number of benzene rings is 2. The number of amides is 2. The lowest BCUT2D eigenvalue weighted by molar-refractivity contribution is -0.119. The minimum Gasteiger partial charge on any atom is -0.324 e. The second-order valence-corrected chi connectivity index (χ2v) is 7.45. The highest BCUT2D eigenvalue weighted by Crippen LogP contribution is 2.27. The van der Waals surface area contributed by atoms with Crippen molar-refractivity contribution in [2.45, 2.75) is 6.04 Å². The number of anilines is 1. The van der Waals surface area contributed by atoms with E-state index >= 15 is 0 Å². The maximum Gasteiger partial charge on any atom is 0.256 e. The van der Waals surface area contributed by atoms with Crippen LogP contribution in [0.15, 0.2) is 46.9 Å². The summed E-state index contributed by atoms with van der Waals surface area (Å²) >= 11 is 4.72. The molecule has 0 spiro atoms. The number of nitrogens with one attached hydrogen (secondary N) is 1. The number of hydrogen-bond acceptors (Lipinski definition) is 4. The summed E-state index contributed by atoms with van der Waals surface area (Å²) in [5.41, 5.74) is 1.22. The lowest BCUT2D eigenvalue weighted by Crippen LogP contribution is -2.44. The largest absolute Gasteiger partial charge is 0.324 e. The molecule has 1 aliphatic rings. The lowest BCUT2D eigenvalue weighted by atomic mass is 10.1. The molecular weight excluding hydrogens is 421 g/mol. The van der Waals surface area contributed by atoms with Gasteiger partial charge in [-0.25, -0.2) is 4.39 Å². The zero-order valence-corrected chi connectivity index (χ0v) is 15.8.